The molecule has 1 N–H and O–H groups in total. The molecule has 0 bridgehead atoms. The molecule has 1 fully saturated rings. The number of rotatable bonds is 5. The van der Waals surface area contributed by atoms with Crippen molar-refractivity contribution in [3.8, 4) is 0 Å². The van der Waals surface area contributed by atoms with Crippen molar-refractivity contribution in [2.24, 2.45) is 0 Å². The predicted molar refractivity (Wildman–Crippen MR) is 37.2 cm³/mol. The zero-order chi connectivity index (χ0) is 9.90. The minimum absolute atomic E-state index is 0.0812. The van der Waals surface area contributed by atoms with Gasteiger partial charge in [0, 0.05) is 0 Å². The Balaban J connectivity index is 2.16. The minimum Gasteiger partial charge on any atom is -0.394 e. The fourth-order valence-electron chi connectivity index (χ4n) is 0.842. The predicted octanol–water partition coefficient (Wildman–Crippen LogP) is 0.715. The van der Waals surface area contributed by atoms with Crippen LogP contribution in [0, 0.1) is 0 Å². The van der Waals surface area contributed by atoms with Gasteiger partial charge in [0.15, 0.2) is 0 Å². The van der Waals surface area contributed by atoms with E-state index in [-0.39, 0.29) is 12.7 Å². The highest BCUT2D eigenvalue weighted by Crippen LogP contribution is 2.23. The van der Waals surface area contributed by atoms with Crippen LogP contribution in [0.4, 0.5) is 13.2 Å². The molecule has 0 saturated carbocycles. The fraction of sp³-hybridized carbons (Fsp3) is 1.00. The number of hydrogen-bond donors (Lipinski definition) is 1. The van der Waals surface area contributed by atoms with E-state index in [9.17, 15) is 13.2 Å². The van der Waals surface area contributed by atoms with E-state index in [2.05, 4.69) is 0 Å². The first-order valence-electron chi connectivity index (χ1n) is 3.92. The van der Waals surface area contributed by atoms with Crippen LogP contribution in [0.15, 0.2) is 0 Å². The van der Waals surface area contributed by atoms with Crippen LogP contribution in [-0.2, 0) is 9.47 Å². The lowest BCUT2D eigenvalue weighted by molar-refractivity contribution is -0.166. The molecule has 0 spiro atoms. The van der Waals surface area contributed by atoms with Crippen LogP contribution in [0.3, 0.4) is 0 Å². The van der Waals surface area contributed by atoms with Gasteiger partial charge in [-0.3, -0.25) is 0 Å². The van der Waals surface area contributed by atoms with Gasteiger partial charge in [0.25, 0.3) is 0 Å². The van der Waals surface area contributed by atoms with Crippen molar-refractivity contribution < 1.29 is 27.8 Å². The van der Waals surface area contributed by atoms with Gasteiger partial charge in [0.2, 0.25) is 0 Å². The van der Waals surface area contributed by atoms with Gasteiger partial charge < -0.3 is 14.6 Å². The zero-order valence-corrected chi connectivity index (χ0v) is 6.88. The molecule has 0 aliphatic carbocycles. The van der Waals surface area contributed by atoms with Crippen LogP contribution in [0.2, 0.25) is 0 Å². The van der Waals surface area contributed by atoms with Gasteiger partial charge in [-0.05, 0) is 0 Å². The molecule has 0 aromatic heterocycles. The van der Waals surface area contributed by atoms with Crippen LogP contribution in [0.1, 0.15) is 6.42 Å². The Morgan fingerprint density at radius 3 is 2.54 bits per heavy atom. The highest BCUT2D eigenvalue weighted by molar-refractivity contribution is 4.70. The first kappa shape index (κ1) is 10.7. The summed E-state index contributed by atoms with van der Waals surface area (Å²) in [5.74, 6) is 0. The van der Waals surface area contributed by atoms with Crippen LogP contribution in [-0.4, -0.2) is 43.3 Å². The summed E-state index contributed by atoms with van der Waals surface area (Å²) >= 11 is 0. The van der Waals surface area contributed by atoms with Gasteiger partial charge in [-0.2, -0.15) is 13.2 Å². The maximum atomic E-state index is 11.8. The third kappa shape index (κ3) is 5.07. The molecule has 1 saturated heterocycles. The number of epoxide rings is 1. The summed E-state index contributed by atoms with van der Waals surface area (Å²) < 4.78 is 45.0. The second-order valence-electron chi connectivity index (χ2n) is 2.91. The fourth-order valence-corrected chi connectivity index (χ4v) is 0.842. The van der Waals surface area contributed by atoms with E-state index in [1.54, 1.807) is 0 Å². The van der Waals surface area contributed by atoms with Gasteiger partial charge in [-0.25, -0.2) is 0 Å². The van der Waals surface area contributed by atoms with Crippen LogP contribution in [0.5, 0.6) is 0 Å². The van der Waals surface area contributed by atoms with E-state index in [0.717, 1.165) is 0 Å². The summed E-state index contributed by atoms with van der Waals surface area (Å²) in [6, 6.07) is 0. The molecule has 1 aliphatic heterocycles. The van der Waals surface area contributed by atoms with E-state index in [4.69, 9.17) is 14.6 Å². The van der Waals surface area contributed by atoms with E-state index in [1.165, 1.54) is 0 Å². The molecule has 78 valence electrons. The second-order valence-corrected chi connectivity index (χ2v) is 2.91. The molecule has 2 unspecified atom stereocenters. The molecule has 1 heterocycles. The molecule has 3 nitrogen and oxygen atoms in total. The van der Waals surface area contributed by atoms with E-state index < -0.39 is 25.3 Å². The van der Waals surface area contributed by atoms with Crippen LogP contribution in [0.25, 0.3) is 0 Å². The maximum Gasteiger partial charge on any atom is 0.391 e. The minimum atomic E-state index is -4.29. The maximum absolute atomic E-state index is 11.8. The van der Waals surface area contributed by atoms with Crippen LogP contribution < -0.4 is 0 Å². The first-order valence-corrected chi connectivity index (χ1v) is 3.92. The lowest BCUT2D eigenvalue weighted by Crippen LogP contribution is -2.27. The smallest absolute Gasteiger partial charge is 0.391 e. The molecule has 2 atom stereocenters. The lowest BCUT2D eigenvalue weighted by atomic mass is 10.2. The van der Waals surface area contributed by atoms with Gasteiger partial charge >= 0.3 is 6.18 Å². The number of ether oxygens (including phenoxy) is 2. The third-order valence-electron chi connectivity index (χ3n) is 1.58. The highest BCUT2D eigenvalue weighted by Gasteiger charge is 2.33. The lowest BCUT2D eigenvalue weighted by Gasteiger charge is -2.16. The number of hydrogen-bond acceptors (Lipinski definition) is 3. The number of alkyl halides is 3. The Morgan fingerprint density at radius 1 is 1.54 bits per heavy atom. The SMILES string of the molecule is OCC(CC(F)(F)F)OCC1CO1. The van der Waals surface area contributed by atoms with Crippen LogP contribution >= 0.6 is 0 Å². The molecular formula is C7H11F3O3. The Bertz CT molecular complexity index is 156. The summed E-state index contributed by atoms with van der Waals surface area (Å²) in [5, 5.41) is 8.56. The van der Waals surface area contributed by atoms with E-state index in [1.807, 2.05) is 0 Å². The van der Waals surface area contributed by atoms with Crippen molar-refractivity contribution in [3.05, 3.63) is 0 Å². The largest absolute Gasteiger partial charge is 0.394 e. The number of halogens is 3. The average molecular weight is 200 g/mol. The van der Waals surface area contributed by atoms with Gasteiger partial charge in [0.1, 0.15) is 6.10 Å². The summed E-state index contributed by atoms with van der Waals surface area (Å²) in [7, 11) is 0. The molecule has 0 amide bonds. The second kappa shape index (κ2) is 4.26. The van der Waals surface area contributed by atoms with Gasteiger partial charge in [0.05, 0.1) is 32.3 Å². The van der Waals surface area contributed by atoms with Gasteiger partial charge in [-0.15, -0.1) is 0 Å². The molecule has 0 radical (unpaired) electrons. The van der Waals surface area contributed by atoms with E-state index >= 15 is 0 Å². The van der Waals surface area contributed by atoms with E-state index in [0.29, 0.717) is 6.61 Å². The number of aliphatic hydroxyl groups excluding tert-OH is 1. The van der Waals surface area contributed by atoms with Crippen molar-refractivity contribution in [2.45, 2.75) is 24.8 Å². The molecule has 6 heteroatoms. The van der Waals surface area contributed by atoms with Crippen molar-refractivity contribution in [1.29, 1.82) is 0 Å². The first-order chi connectivity index (χ1) is 6.01. The highest BCUT2D eigenvalue weighted by atomic mass is 19.4. The van der Waals surface area contributed by atoms with Gasteiger partial charge in [-0.1, -0.05) is 0 Å². The molecular weight excluding hydrogens is 189 g/mol. The van der Waals surface area contributed by atoms with Crippen molar-refractivity contribution >= 4 is 0 Å². The van der Waals surface area contributed by atoms with Crippen molar-refractivity contribution in [3.63, 3.8) is 0 Å². The summed E-state index contributed by atoms with van der Waals surface area (Å²) in [6.45, 7) is 0.0394. The Kier molecular flexibility index (Phi) is 3.52. The zero-order valence-electron chi connectivity index (χ0n) is 6.88. The summed E-state index contributed by atoms with van der Waals surface area (Å²) in [6.07, 6.45) is -6.65. The van der Waals surface area contributed by atoms with Crippen molar-refractivity contribution in [1.82, 2.24) is 0 Å². The monoisotopic (exact) mass is 200 g/mol. The standard InChI is InChI=1S/C7H11F3O3/c8-7(9,10)1-5(2-11)12-3-6-4-13-6/h5-6,11H,1-4H2. The molecule has 0 aromatic rings. The third-order valence-corrected chi connectivity index (χ3v) is 1.58. The summed E-state index contributed by atoms with van der Waals surface area (Å²) in [5.41, 5.74) is 0. The average Bonchev–Trinajstić information content (AvgIpc) is 2.78. The Labute approximate surface area is 73.4 Å². The molecule has 1 aliphatic rings. The molecule has 0 aromatic carbocycles. The topological polar surface area (TPSA) is 42.0 Å². The van der Waals surface area contributed by atoms with Crippen molar-refractivity contribution in [2.75, 3.05) is 19.8 Å². The Morgan fingerprint density at radius 2 is 2.15 bits per heavy atom. The number of aliphatic hydroxyl groups is 1. The molecule has 13 heavy (non-hydrogen) atoms. The summed E-state index contributed by atoms with van der Waals surface area (Å²) in [4.78, 5) is 0. The molecule has 1 rings (SSSR count). The normalized spacial score (nSPS) is 24.5. The quantitative estimate of drug-likeness (QED) is 0.665. The Hall–Kier alpha value is -0.330.